The van der Waals surface area contributed by atoms with Gasteiger partial charge in [-0.3, -0.25) is 0 Å². The van der Waals surface area contributed by atoms with Gasteiger partial charge >= 0.3 is 0 Å². The summed E-state index contributed by atoms with van der Waals surface area (Å²) in [5.74, 6) is 4.15. The Morgan fingerprint density at radius 3 is 2.61 bits per heavy atom. The number of benzene rings is 1. The van der Waals surface area contributed by atoms with Gasteiger partial charge in [0.2, 0.25) is 0 Å². The van der Waals surface area contributed by atoms with Crippen LogP contribution in [0.4, 0.5) is 0 Å². The smallest absolute Gasteiger partial charge is 0.119 e. The highest BCUT2D eigenvalue weighted by molar-refractivity contribution is 7.99. The van der Waals surface area contributed by atoms with E-state index in [0.717, 1.165) is 24.0 Å². The summed E-state index contributed by atoms with van der Waals surface area (Å²) in [5, 5.41) is 8.68. The maximum Gasteiger partial charge on any atom is 0.119 e. The molecule has 0 N–H and O–H groups in total. The van der Waals surface area contributed by atoms with Gasteiger partial charge in [0.15, 0.2) is 0 Å². The third-order valence-corrected chi connectivity index (χ3v) is 4.47. The highest BCUT2D eigenvalue weighted by atomic mass is 32.2. The summed E-state index contributed by atoms with van der Waals surface area (Å²) in [4.78, 5) is 0. The Kier molecular flexibility index (Phi) is 5.41. The van der Waals surface area contributed by atoms with Crippen LogP contribution in [0.3, 0.4) is 0 Å². The van der Waals surface area contributed by atoms with Crippen molar-refractivity contribution >= 4 is 11.8 Å². The van der Waals surface area contributed by atoms with E-state index in [-0.39, 0.29) is 0 Å². The van der Waals surface area contributed by atoms with Gasteiger partial charge in [0.25, 0.3) is 0 Å². The van der Waals surface area contributed by atoms with Crippen LogP contribution in [0, 0.1) is 17.2 Å². The second-order valence-electron chi connectivity index (χ2n) is 4.71. The molecule has 1 aliphatic carbocycles. The molecule has 0 heterocycles. The maximum absolute atomic E-state index is 8.68. The van der Waals surface area contributed by atoms with Crippen molar-refractivity contribution in [3.8, 4) is 11.8 Å². The lowest BCUT2D eigenvalue weighted by atomic mass is 10.1. The molecule has 1 aliphatic rings. The molecule has 1 fully saturated rings. The highest BCUT2D eigenvalue weighted by Crippen LogP contribution is 2.27. The topological polar surface area (TPSA) is 33.0 Å². The standard InChI is InChI=1S/C15H19NOS/c16-11-13-5-7-15(8-6-13)17-9-10-18-12-14-3-1-2-4-14/h5-8,14H,1-4,9-10,12H2. The molecule has 0 aromatic heterocycles. The SMILES string of the molecule is N#Cc1ccc(OCCSCC2CCCC2)cc1. The van der Waals surface area contributed by atoms with Gasteiger partial charge < -0.3 is 4.74 Å². The Balaban J connectivity index is 1.58. The molecule has 18 heavy (non-hydrogen) atoms. The van der Waals surface area contributed by atoms with E-state index in [2.05, 4.69) is 6.07 Å². The summed E-state index contributed by atoms with van der Waals surface area (Å²) in [6, 6.07) is 9.41. The minimum Gasteiger partial charge on any atom is -0.493 e. The fourth-order valence-electron chi connectivity index (χ4n) is 2.27. The van der Waals surface area contributed by atoms with Gasteiger partial charge in [-0.15, -0.1) is 0 Å². The third-order valence-electron chi connectivity index (χ3n) is 3.31. The number of nitriles is 1. The second-order valence-corrected chi connectivity index (χ2v) is 5.86. The first-order valence-electron chi connectivity index (χ1n) is 6.59. The van der Waals surface area contributed by atoms with E-state index in [1.54, 1.807) is 12.1 Å². The summed E-state index contributed by atoms with van der Waals surface area (Å²) in [7, 11) is 0. The van der Waals surface area contributed by atoms with E-state index in [4.69, 9.17) is 10.00 Å². The quantitative estimate of drug-likeness (QED) is 0.729. The van der Waals surface area contributed by atoms with E-state index in [0.29, 0.717) is 5.56 Å². The van der Waals surface area contributed by atoms with Gasteiger partial charge in [-0.1, -0.05) is 12.8 Å². The first kappa shape index (κ1) is 13.3. The Labute approximate surface area is 113 Å². The van der Waals surface area contributed by atoms with Crippen LogP contribution in [0.1, 0.15) is 31.2 Å². The van der Waals surface area contributed by atoms with Crippen molar-refractivity contribution in [2.75, 3.05) is 18.1 Å². The molecule has 0 amide bonds. The van der Waals surface area contributed by atoms with Gasteiger partial charge in [-0.05, 0) is 48.8 Å². The molecule has 0 aliphatic heterocycles. The fraction of sp³-hybridized carbons (Fsp3) is 0.533. The van der Waals surface area contributed by atoms with Gasteiger partial charge in [-0.25, -0.2) is 0 Å². The molecule has 2 nitrogen and oxygen atoms in total. The predicted molar refractivity (Wildman–Crippen MR) is 75.9 cm³/mol. The van der Waals surface area contributed by atoms with E-state index in [1.807, 2.05) is 23.9 Å². The monoisotopic (exact) mass is 261 g/mol. The third kappa shape index (κ3) is 4.27. The van der Waals surface area contributed by atoms with Crippen molar-refractivity contribution in [2.24, 2.45) is 5.92 Å². The Morgan fingerprint density at radius 2 is 1.94 bits per heavy atom. The van der Waals surface area contributed by atoms with Crippen molar-refractivity contribution < 1.29 is 4.74 Å². The molecule has 2 rings (SSSR count). The molecular formula is C15H19NOS. The Hall–Kier alpha value is -1.14. The number of nitrogens with zero attached hydrogens (tertiary/aromatic N) is 1. The van der Waals surface area contributed by atoms with Crippen molar-refractivity contribution in [1.82, 2.24) is 0 Å². The van der Waals surface area contributed by atoms with E-state index in [9.17, 15) is 0 Å². The van der Waals surface area contributed by atoms with Crippen LogP contribution in [-0.2, 0) is 0 Å². The first-order valence-corrected chi connectivity index (χ1v) is 7.74. The molecule has 0 atom stereocenters. The van der Waals surface area contributed by atoms with Crippen LogP contribution in [0.5, 0.6) is 5.75 Å². The average Bonchev–Trinajstić information content (AvgIpc) is 2.92. The molecule has 3 heteroatoms. The van der Waals surface area contributed by atoms with Crippen LogP contribution in [0.25, 0.3) is 0 Å². The van der Waals surface area contributed by atoms with E-state index >= 15 is 0 Å². The second kappa shape index (κ2) is 7.33. The molecule has 0 bridgehead atoms. The summed E-state index contributed by atoms with van der Waals surface area (Å²) >= 11 is 2.00. The molecule has 96 valence electrons. The normalized spacial score (nSPS) is 15.5. The largest absolute Gasteiger partial charge is 0.493 e. The number of ether oxygens (including phenoxy) is 1. The number of hydrogen-bond acceptors (Lipinski definition) is 3. The number of thioether (sulfide) groups is 1. The maximum atomic E-state index is 8.68. The lowest BCUT2D eigenvalue weighted by molar-refractivity contribution is 0.344. The highest BCUT2D eigenvalue weighted by Gasteiger charge is 2.14. The number of hydrogen-bond donors (Lipinski definition) is 0. The molecular weight excluding hydrogens is 242 g/mol. The van der Waals surface area contributed by atoms with Crippen LogP contribution < -0.4 is 4.74 Å². The molecule has 0 unspecified atom stereocenters. The van der Waals surface area contributed by atoms with Crippen LogP contribution >= 0.6 is 11.8 Å². The zero-order valence-corrected chi connectivity index (χ0v) is 11.4. The lowest BCUT2D eigenvalue weighted by Gasteiger charge is -2.09. The van der Waals surface area contributed by atoms with Gasteiger partial charge in [0.05, 0.1) is 18.2 Å². The van der Waals surface area contributed by atoms with Crippen LogP contribution in [-0.4, -0.2) is 18.1 Å². The molecule has 0 radical (unpaired) electrons. The van der Waals surface area contributed by atoms with E-state index in [1.165, 1.54) is 31.4 Å². The minimum atomic E-state index is 0.679. The fourth-order valence-corrected chi connectivity index (χ4v) is 3.31. The summed E-state index contributed by atoms with van der Waals surface area (Å²) < 4.78 is 5.64. The van der Waals surface area contributed by atoms with Crippen LogP contribution in [0.2, 0.25) is 0 Å². The first-order chi connectivity index (χ1) is 8.88. The van der Waals surface area contributed by atoms with E-state index < -0.39 is 0 Å². The summed E-state index contributed by atoms with van der Waals surface area (Å²) in [6.45, 7) is 0.753. The van der Waals surface area contributed by atoms with Gasteiger partial charge in [0, 0.05) is 5.75 Å². The summed E-state index contributed by atoms with van der Waals surface area (Å²) in [5.41, 5.74) is 0.679. The van der Waals surface area contributed by atoms with Crippen molar-refractivity contribution in [2.45, 2.75) is 25.7 Å². The predicted octanol–water partition coefficient (Wildman–Crippen LogP) is 3.86. The van der Waals surface area contributed by atoms with Crippen LogP contribution in [0.15, 0.2) is 24.3 Å². The Morgan fingerprint density at radius 1 is 1.22 bits per heavy atom. The number of rotatable bonds is 6. The zero-order chi connectivity index (χ0) is 12.6. The van der Waals surface area contributed by atoms with Crippen molar-refractivity contribution in [1.29, 1.82) is 5.26 Å². The zero-order valence-electron chi connectivity index (χ0n) is 10.6. The molecule has 0 saturated heterocycles. The van der Waals surface area contributed by atoms with Gasteiger partial charge in [-0.2, -0.15) is 17.0 Å². The molecule has 1 aromatic carbocycles. The summed E-state index contributed by atoms with van der Waals surface area (Å²) in [6.07, 6.45) is 5.69. The molecule has 0 spiro atoms. The van der Waals surface area contributed by atoms with Crippen molar-refractivity contribution in [3.63, 3.8) is 0 Å². The molecule has 1 saturated carbocycles. The van der Waals surface area contributed by atoms with Crippen molar-refractivity contribution in [3.05, 3.63) is 29.8 Å². The molecule has 1 aromatic rings. The van der Waals surface area contributed by atoms with Gasteiger partial charge in [0.1, 0.15) is 5.75 Å². The average molecular weight is 261 g/mol. The Bertz CT molecular complexity index is 390. The lowest BCUT2D eigenvalue weighted by Crippen LogP contribution is -2.03. The minimum absolute atomic E-state index is 0.679.